The summed E-state index contributed by atoms with van der Waals surface area (Å²) >= 11 is 0. The molecule has 0 saturated carbocycles. The normalized spacial score (nSPS) is 21.4. The number of likely N-dealkylation sites (tertiary alicyclic amines) is 2. The molecule has 2 bridgehead atoms. The van der Waals surface area contributed by atoms with Crippen LogP contribution in [0.25, 0.3) is 0 Å². The molecule has 1 N–H and O–H groups in total. The number of piperidine rings is 1. The van der Waals surface area contributed by atoms with Crippen molar-refractivity contribution in [2.45, 2.75) is 51.7 Å². The molecule has 3 aliphatic heterocycles. The Morgan fingerprint density at radius 1 is 1.12 bits per heavy atom. The first kappa shape index (κ1) is 23.9. The molecule has 182 valence electrons. The lowest BCUT2D eigenvalue weighted by molar-refractivity contribution is -0.134. The molecule has 10 nitrogen and oxygen atoms in total. The van der Waals surface area contributed by atoms with Crippen LogP contribution in [0, 0.1) is 12.8 Å². The molecule has 2 aromatic heterocycles. The molecule has 3 aliphatic rings. The number of rotatable bonds is 4. The van der Waals surface area contributed by atoms with Gasteiger partial charge in [-0.25, -0.2) is 4.68 Å². The third-order valence-electron chi connectivity index (χ3n) is 6.91. The first-order valence-electron chi connectivity index (χ1n) is 11.7. The minimum atomic E-state index is -0.265. The van der Waals surface area contributed by atoms with Crippen LogP contribution in [0.15, 0.2) is 33.9 Å². The van der Waals surface area contributed by atoms with Crippen LogP contribution in [0.1, 0.15) is 42.1 Å². The van der Waals surface area contributed by atoms with E-state index in [9.17, 15) is 14.4 Å². The predicted molar refractivity (Wildman–Crippen MR) is 125 cm³/mol. The van der Waals surface area contributed by atoms with Crippen LogP contribution in [-0.4, -0.2) is 67.8 Å². The maximum Gasteiger partial charge on any atom is 0.290 e. The fourth-order valence-electron chi connectivity index (χ4n) is 5.39. The summed E-state index contributed by atoms with van der Waals surface area (Å²) in [6.45, 7) is 6.26. The SMILES string of the molecule is Cc1ccc(=O)n(CC(=O)N2C[C@@H]3C[C@H](C2)c2ccc(CN4CCCC4)c(=O)n2C3)n1.O=CO. The molecule has 2 fully saturated rings. The summed E-state index contributed by atoms with van der Waals surface area (Å²) in [5.74, 6) is 0.334. The highest BCUT2D eigenvalue weighted by Crippen LogP contribution is 2.35. The van der Waals surface area contributed by atoms with Gasteiger partial charge in [-0.2, -0.15) is 5.10 Å². The second kappa shape index (κ2) is 10.3. The molecule has 34 heavy (non-hydrogen) atoms. The third kappa shape index (κ3) is 5.11. The molecule has 5 rings (SSSR count). The van der Waals surface area contributed by atoms with Crippen molar-refractivity contribution in [3.63, 3.8) is 0 Å². The molecule has 0 aliphatic carbocycles. The van der Waals surface area contributed by atoms with E-state index in [1.807, 2.05) is 15.5 Å². The van der Waals surface area contributed by atoms with Gasteiger partial charge in [0.05, 0.1) is 5.69 Å². The molecule has 0 unspecified atom stereocenters. The maximum absolute atomic E-state index is 13.2. The average Bonchev–Trinajstić information content (AvgIpc) is 3.32. The number of carbonyl (C=O) groups is 2. The molecular formula is C24H31N5O5. The average molecular weight is 470 g/mol. The fourth-order valence-corrected chi connectivity index (χ4v) is 5.39. The van der Waals surface area contributed by atoms with Crippen molar-refractivity contribution in [1.29, 1.82) is 0 Å². The van der Waals surface area contributed by atoms with Crippen LogP contribution < -0.4 is 11.1 Å². The first-order chi connectivity index (χ1) is 16.4. The number of fused-ring (bicyclic) bond motifs is 4. The number of carboxylic acid groups (broad SMARTS) is 1. The number of aromatic nitrogens is 3. The molecule has 2 atom stereocenters. The van der Waals surface area contributed by atoms with Crippen LogP contribution in [0.4, 0.5) is 0 Å². The second-order valence-corrected chi connectivity index (χ2v) is 9.36. The Kier molecular flexibility index (Phi) is 7.26. The van der Waals surface area contributed by atoms with Gasteiger partial charge in [0.2, 0.25) is 5.91 Å². The van der Waals surface area contributed by atoms with Gasteiger partial charge in [-0.15, -0.1) is 0 Å². The number of amides is 1. The quantitative estimate of drug-likeness (QED) is 0.654. The molecular weight excluding hydrogens is 438 g/mol. The van der Waals surface area contributed by atoms with Crippen LogP contribution in [0.2, 0.25) is 0 Å². The van der Waals surface area contributed by atoms with E-state index in [1.165, 1.54) is 23.6 Å². The van der Waals surface area contributed by atoms with E-state index >= 15 is 0 Å². The molecule has 2 aromatic rings. The summed E-state index contributed by atoms with van der Waals surface area (Å²) in [7, 11) is 0. The van der Waals surface area contributed by atoms with Gasteiger partial charge in [-0.3, -0.25) is 24.1 Å². The van der Waals surface area contributed by atoms with Gasteiger partial charge in [0.25, 0.3) is 17.6 Å². The fraction of sp³-hybridized carbons (Fsp3) is 0.542. The van der Waals surface area contributed by atoms with Crippen LogP contribution >= 0.6 is 0 Å². The van der Waals surface area contributed by atoms with Crippen molar-refractivity contribution < 1.29 is 14.7 Å². The minimum absolute atomic E-state index is 0.0401. The van der Waals surface area contributed by atoms with Gasteiger partial charge < -0.3 is 14.6 Å². The highest BCUT2D eigenvalue weighted by Gasteiger charge is 2.36. The van der Waals surface area contributed by atoms with E-state index in [0.29, 0.717) is 25.3 Å². The van der Waals surface area contributed by atoms with Crippen molar-refractivity contribution in [2.75, 3.05) is 26.2 Å². The lowest BCUT2D eigenvalue weighted by atomic mass is 9.83. The van der Waals surface area contributed by atoms with Crippen LogP contribution in [-0.2, 0) is 29.2 Å². The lowest BCUT2D eigenvalue weighted by Crippen LogP contribution is -2.50. The summed E-state index contributed by atoms with van der Waals surface area (Å²) in [6, 6.07) is 7.18. The van der Waals surface area contributed by atoms with E-state index in [1.54, 1.807) is 13.0 Å². The Morgan fingerprint density at radius 3 is 2.59 bits per heavy atom. The Morgan fingerprint density at radius 2 is 1.85 bits per heavy atom. The van der Waals surface area contributed by atoms with Crippen molar-refractivity contribution >= 4 is 12.4 Å². The Labute approximate surface area is 197 Å². The van der Waals surface area contributed by atoms with E-state index in [0.717, 1.165) is 37.3 Å². The smallest absolute Gasteiger partial charge is 0.290 e. The van der Waals surface area contributed by atoms with Crippen LogP contribution in [0.3, 0.4) is 0 Å². The summed E-state index contributed by atoms with van der Waals surface area (Å²) in [4.78, 5) is 50.7. The van der Waals surface area contributed by atoms with E-state index in [-0.39, 0.29) is 41.9 Å². The standard InChI is InChI=1S/C23H29N5O3.CH2O2/c1-16-4-7-21(29)28(24-16)15-22(30)26-11-17-10-19(14-26)20-6-5-18(23(31)27(20)12-17)13-25-8-2-3-9-25;2-1-3/h4-7,17,19H,2-3,8-15H2,1H3;1H,(H,2,3)/t17-,19+;/m0./s1. The summed E-state index contributed by atoms with van der Waals surface area (Å²) in [5, 5.41) is 11.1. The molecule has 0 radical (unpaired) electrons. The van der Waals surface area contributed by atoms with Gasteiger partial charge in [0.15, 0.2) is 0 Å². The van der Waals surface area contributed by atoms with Crippen LogP contribution in [0.5, 0.6) is 0 Å². The Bertz CT molecular complexity index is 1170. The van der Waals surface area contributed by atoms with Crippen molar-refractivity contribution in [1.82, 2.24) is 24.1 Å². The molecule has 0 aromatic carbocycles. The minimum Gasteiger partial charge on any atom is -0.483 e. The monoisotopic (exact) mass is 469 g/mol. The number of pyridine rings is 1. The highest BCUT2D eigenvalue weighted by atomic mass is 16.3. The van der Waals surface area contributed by atoms with Crippen molar-refractivity contribution in [3.05, 3.63) is 61.9 Å². The van der Waals surface area contributed by atoms with Gasteiger partial charge in [0.1, 0.15) is 6.54 Å². The number of nitrogens with zero attached hydrogens (tertiary/aromatic N) is 5. The molecule has 2 saturated heterocycles. The second-order valence-electron chi connectivity index (χ2n) is 9.36. The number of carbonyl (C=O) groups excluding carboxylic acids is 1. The Hall–Kier alpha value is -3.27. The topological polar surface area (TPSA) is 118 Å². The van der Waals surface area contributed by atoms with E-state index in [2.05, 4.69) is 16.1 Å². The zero-order chi connectivity index (χ0) is 24.2. The molecule has 1 amide bonds. The zero-order valence-corrected chi connectivity index (χ0v) is 19.4. The largest absolute Gasteiger partial charge is 0.483 e. The summed E-state index contributed by atoms with van der Waals surface area (Å²) in [6.07, 6.45) is 3.42. The van der Waals surface area contributed by atoms with Gasteiger partial charge in [0, 0.05) is 49.4 Å². The molecule has 0 spiro atoms. The highest BCUT2D eigenvalue weighted by molar-refractivity contribution is 5.76. The van der Waals surface area contributed by atoms with Gasteiger partial charge in [-0.1, -0.05) is 6.07 Å². The summed E-state index contributed by atoms with van der Waals surface area (Å²) in [5.41, 5.74) is 2.49. The van der Waals surface area contributed by atoms with E-state index < -0.39 is 0 Å². The van der Waals surface area contributed by atoms with E-state index in [4.69, 9.17) is 9.90 Å². The number of aryl methyl sites for hydroxylation is 1. The van der Waals surface area contributed by atoms with Gasteiger partial charge in [-0.05, 0) is 57.3 Å². The van der Waals surface area contributed by atoms with Crippen molar-refractivity contribution in [3.8, 4) is 0 Å². The number of hydrogen-bond acceptors (Lipinski definition) is 6. The first-order valence-corrected chi connectivity index (χ1v) is 11.7. The lowest BCUT2D eigenvalue weighted by Gasteiger charge is -2.43. The third-order valence-corrected chi connectivity index (χ3v) is 6.91. The number of hydrogen-bond donors (Lipinski definition) is 1. The zero-order valence-electron chi connectivity index (χ0n) is 19.4. The summed E-state index contributed by atoms with van der Waals surface area (Å²) < 4.78 is 3.20. The predicted octanol–water partition coefficient (Wildman–Crippen LogP) is 0.656. The molecule has 5 heterocycles. The van der Waals surface area contributed by atoms with Crippen molar-refractivity contribution in [2.24, 2.45) is 5.92 Å². The maximum atomic E-state index is 13.2. The van der Waals surface area contributed by atoms with Gasteiger partial charge >= 0.3 is 0 Å². The Balaban J connectivity index is 0.000000868. The molecule has 10 heteroatoms.